The van der Waals surface area contributed by atoms with Gasteiger partial charge >= 0.3 is 0 Å². The lowest BCUT2D eigenvalue weighted by molar-refractivity contribution is -0.793. The molecule has 2 rings (SSSR count). The first-order chi connectivity index (χ1) is 7.61. The Balaban J connectivity index is 2.69. The Labute approximate surface area is 89.6 Å². The molecule has 0 saturated heterocycles. The smallest absolute Gasteiger partial charge is 0.281 e. The Morgan fingerprint density at radius 1 is 1.44 bits per heavy atom. The summed E-state index contributed by atoms with van der Waals surface area (Å²) in [6.45, 7) is 1.55. The number of nitro benzene ring substituents is 1. The number of benzene rings is 1. The van der Waals surface area contributed by atoms with Gasteiger partial charge in [-0.3, -0.25) is 14.7 Å². The van der Waals surface area contributed by atoms with Gasteiger partial charge in [-0.25, -0.2) is 0 Å². The molecule has 0 unspecified atom stereocenters. The van der Waals surface area contributed by atoms with Crippen LogP contribution in [0.15, 0.2) is 28.9 Å². The summed E-state index contributed by atoms with van der Waals surface area (Å²) >= 11 is 0. The lowest BCUT2D eigenvalue weighted by Crippen LogP contribution is -2.25. The number of nitrogens with zero attached hydrogens (tertiary/aromatic N) is 3. The van der Waals surface area contributed by atoms with Crippen LogP contribution in [0.3, 0.4) is 0 Å². The normalized spacial score (nSPS) is 10.3. The van der Waals surface area contributed by atoms with Gasteiger partial charge in [0, 0.05) is 18.1 Å². The standard InChI is InChI=1S/C9H7N3O4/c1-6-9(12(15)16-10-6)7-4-2-3-5-8(7)11(13)14/h2-5H,1H3. The van der Waals surface area contributed by atoms with E-state index in [9.17, 15) is 15.3 Å². The summed E-state index contributed by atoms with van der Waals surface area (Å²) in [5.41, 5.74) is 0.413. The predicted octanol–water partition coefficient (Wildman–Crippen LogP) is 1.19. The molecule has 0 atom stereocenters. The quantitative estimate of drug-likeness (QED) is 0.431. The number of aromatic nitrogens is 2. The van der Waals surface area contributed by atoms with Crippen LogP contribution in [0.4, 0.5) is 5.69 Å². The minimum atomic E-state index is -0.554. The zero-order valence-electron chi connectivity index (χ0n) is 8.28. The van der Waals surface area contributed by atoms with Crippen molar-refractivity contribution in [2.45, 2.75) is 6.92 Å². The van der Waals surface area contributed by atoms with Crippen molar-refractivity contribution in [3.8, 4) is 11.3 Å². The molecule has 1 aromatic carbocycles. The second-order valence-electron chi connectivity index (χ2n) is 3.14. The van der Waals surface area contributed by atoms with Gasteiger partial charge in [-0.05, 0) is 11.0 Å². The molecule has 0 spiro atoms. The summed E-state index contributed by atoms with van der Waals surface area (Å²) < 4.78 is 4.37. The van der Waals surface area contributed by atoms with Crippen LogP contribution in [0.25, 0.3) is 11.3 Å². The first-order valence-corrected chi connectivity index (χ1v) is 4.41. The number of hydrogen-bond donors (Lipinski definition) is 0. The average molecular weight is 221 g/mol. The van der Waals surface area contributed by atoms with Crippen LogP contribution in [0.1, 0.15) is 5.69 Å². The molecule has 82 valence electrons. The SMILES string of the molecule is Cc1no[n+]([O-])c1-c1ccccc1[N+](=O)[O-]. The average Bonchev–Trinajstić information content (AvgIpc) is 2.58. The molecule has 1 heterocycles. The minimum Gasteiger partial charge on any atom is -0.359 e. The fraction of sp³-hybridized carbons (Fsp3) is 0.111. The highest BCUT2D eigenvalue weighted by molar-refractivity contribution is 5.69. The van der Waals surface area contributed by atoms with Gasteiger partial charge in [0.25, 0.3) is 5.69 Å². The van der Waals surface area contributed by atoms with Crippen molar-refractivity contribution >= 4 is 5.69 Å². The van der Waals surface area contributed by atoms with Gasteiger partial charge in [-0.2, -0.15) is 0 Å². The number of hydrogen-bond acceptors (Lipinski definition) is 5. The molecule has 0 radical (unpaired) electrons. The Morgan fingerprint density at radius 3 is 2.69 bits per heavy atom. The molecule has 16 heavy (non-hydrogen) atoms. The fourth-order valence-electron chi connectivity index (χ4n) is 1.44. The molecule has 0 N–H and O–H groups in total. The highest BCUT2D eigenvalue weighted by Crippen LogP contribution is 2.28. The predicted molar refractivity (Wildman–Crippen MR) is 52.3 cm³/mol. The monoisotopic (exact) mass is 221 g/mol. The maximum atomic E-state index is 11.3. The van der Waals surface area contributed by atoms with E-state index in [1.54, 1.807) is 13.0 Å². The van der Waals surface area contributed by atoms with Crippen molar-refractivity contribution in [1.82, 2.24) is 5.16 Å². The summed E-state index contributed by atoms with van der Waals surface area (Å²) in [5, 5.41) is 25.5. The highest BCUT2D eigenvalue weighted by Gasteiger charge is 2.24. The third-order valence-electron chi connectivity index (χ3n) is 2.13. The van der Waals surface area contributed by atoms with Gasteiger partial charge in [0.15, 0.2) is 0 Å². The van der Waals surface area contributed by atoms with Crippen LogP contribution < -0.4 is 4.90 Å². The molecule has 0 aliphatic rings. The van der Waals surface area contributed by atoms with Crippen molar-refractivity contribution in [2.75, 3.05) is 0 Å². The van der Waals surface area contributed by atoms with Crippen molar-refractivity contribution in [2.24, 2.45) is 0 Å². The molecular weight excluding hydrogens is 214 g/mol. The van der Waals surface area contributed by atoms with Crippen molar-refractivity contribution < 1.29 is 14.5 Å². The zero-order valence-corrected chi connectivity index (χ0v) is 8.28. The molecule has 0 amide bonds. The highest BCUT2D eigenvalue weighted by atomic mass is 16.8. The van der Waals surface area contributed by atoms with Gasteiger partial charge in [0.05, 0.1) is 4.92 Å². The number of nitro groups is 1. The van der Waals surface area contributed by atoms with Crippen LogP contribution in [-0.4, -0.2) is 10.1 Å². The third kappa shape index (κ3) is 1.48. The van der Waals surface area contributed by atoms with Crippen molar-refractivity contribution in [3.05, 3.63) is 45.3 Å². The summed E-state index contributed by atoms with van der Waals surface area (Å²) in [6.07, 6.45) is 0. The second kappa shape index (κ2) is 3.61. The van der Waals surface area contributed by atoms with Crippen LogP contribution >= 0.6 is 0 Å². The van der Waals surface area contributed by atoms with Gasteiger partial charge in [0.2, 0.25) is 11.4 Å². The second-order valence-corrected chi connectivity index (χ2v) is 3.14. The summed E-state index contributed by atoms with van der Waals surface area (Å²) in [7, 11) is 0. The maximum Gasteiger partial charge on any atom is 0.281 e. The molecule has 7 nitrogen and oxygen atoms in total. The first-order valence-electron chi connectivity index (χ1n) is 4.41. The lowest BCUT2D eigenvalue weighted by atomic mass is 10.1. The molecule has 1 aromatic heterocycles. The third-order valence-corrected chi connectivity index (χ3v) is 2.13. The van der Waals surface area contributed by atoms with Crippen LogP contribution in [0.2, 0.25) is 0 Å². The fourth-order valence-corrected chi connectivity index (χ4v) is 1.44. The summed E-state index contributed by atoms with van der Waals surface area (Å²) in [4.78, 5) is 10.4. The molecule has 0 aliphatic carbocycles. The maximum absolute atomic E-state index is 11.3. The molecule has 0 fully saturated rings. The van der Waals surface area contributed by atoms with Crippen molar-refractivity contribution in [3.63, 3.8) is 0 Å². The first kappa shape index (κ1) is 10.1. The van der Waals surface area contributed by atoms with Gasteiger partial charge in [-0.15, -0.1) is 0 Å². The topological polar surface area (TPSA) is 96.1 Å². The van der Waals surface area contributed by atoms with E-state index < -0.39 is 4.92 Å². The number of para-hydroxylation sites is 1. The summed E-state index contributed by atoms with van der Waals surface area (Å²) in [6, 6.07) is 5.93. The Hall–Kier alpha value is -2.44. The van der Waals surface area contributed by atoms with E-state index in [4.69, 9.17) is 0 Å². The van der Waals surface area contributed by atoms with E-state index in [2.05, 4.69) is 9.79 Å². The minimum absolute atomic E-state index is 0.0623. The molecule has 0 aliphatic heterocycles. The Bertz CT molecular complexity index is 530. The van der Waals surface area contributed by atoms with Gasteiger partial charge in [-0.1, -0.05) is 12.1 Å². The van der Waals surface area contributed by atoms with Crippen LogP contribution in [0, 0.1) is 22.2 Å². The molecular formula is C9H7N3O4. The zero-order chi connectivity index (χ0) is 11.7. The van der Waals surface area contributed by atoms with Crippen LogP contribution in [0.5, 0.6) is 0 Å². The molecule has 0 saturated carbocycles. The van der Waals surface area contributed by atoms with E-state index in [0.717, 1.165) is 0 Å². The van der Waals surface area contributed by atoms with Crippen molar-refractivity contribution in [1.29, 1.82) is 0 Å². The van der Waals surface area contributed by atoms with Gasteiger partial charge < -0.3 is 5.21 Å². The largest absolute Gasteiger partial charge is 0.359 e. The van der Waals surface area contributed by atoms with Gasteiger partial charge in [0.1, 0.15) is 5.56 Å². The Morgan fingerprint density at radius 2 is 2.12 bits per heavy atom. The van der Waals surface area contributed by atoms with Crippen LogP contribution in [-0.2, 0) is 0 Å². The molecule has 7 heteroatoms. The van der Waals surface area contributed by atoms with E-state index in [0.29, 0.717) is 5.69 Å². The summed E-state index contributed by atoms with van der Waals surface area (Å²) in [5.74, 6) is 0. The Kier molecular flexibility index (Phi) is 2.28. The lowest BCUT2D eigenvalue weighted by Gasteiger charge is -1.98. The molecule has 0 bridgehead atoms. The van der Waals surface area contributed by atoms with E-state index >= 15 is 0 Å². The van der Waals surface area contributed by atoms with E-state index in [-0.39, 0.29) is 21.8 Å². The number of aryl methyl sites for hydroxylation is 1. The molecule has 2 aromatic rings. The number of rotatable bonds is 2. The van der Waals surface area contributed by atoms with E-state index in [1.165, 1.54) is 18.2 Å². The van der Waals surface area contributed by atoms with E-state index in [1.807, 2.05) is 0 Å².